The summed E-state index contributed by atoms with van der Waals surface area (Å²) in [6, 6.07) is 12.7. The Labute approximate surface area is 194 Å². The van der Waals surface area contributed by atoms with Gasteiger partial charge in [-0.2, -0.15) is 5.10 Å². The number of carbonyl (C=O) groups is 1. The number of para-hydroxylation sites is 1. The van der Waals surface area contributed by atoms with Gasteiger partial charge in [0.25, 0.3) is 0 Å². The second-order valence-electron chi connectivity index (χ2n) is 9.23. The first-order chi connectivity index (χ1) is 16.0. The molecule has 1 atom stereocenters. The van der Waals surface area contributed by atoms with Crippen LogP contribution in [0.2, 0.25) is 0 Å². The van der Waals surface area contributed by atoms with Gasteiger partial charge in [-0.05, 0) is 62.9 Å². The fourth-order valence-corrected chi connectivity index (χ4v) is 5.22. The van der Waals surface area contributed by atoms with Crippen LogP contribution in [0.4, 0.5) is 0 Å². The highest BCUT2D eigenvalue weighted by molar-refractivity contribution is 5.99. The predicted octanol–water partition coefficient (Wildman–Crippen LogP) is 5.15. The molecule has 0 spiro atoms. The van der Waals surface area contributed by atoms with E-state index in [2.05, 4.69) is 63.3 Å². The smallest absolute Gasteiger partial charge is 0.224 e. The summed E-state index contributed by atoms with van der Waals surface area (Å²) in [6.07, 6.45) is 6.27. The molecule has 0 aliphatic carbocycles. The standard InChI is InChI=1S/C27H31N5O/c1-18-6-4-8-23-25(21-9-12-28-13-10-21)27(29-26(18)23)22-7-5-14-31(17-22)24(33)11-15-32-20(3)16-19(2)30-32/h4,6,8-10,12-13,16,22,29H,5,7,11,14-15,17H2,1-3H3. The van der Waals surface area contributed by atoms with Crippen LogP contribution in [-0.2, 0) is 11.3 Å². The third kappa shape index (κ3) is 4.17. The van der Waals surface area contributed by atoms with E-state index in [0.29, 0.717) is 13.0 Å². The van der Waals surface area contributed by atoms with Gasteiger partial charge in [0.05, 0.1) is 5.69 Å². The Bertz CT molecular complexity index is 1290. The number of aryl methyl sites for hydroxylation is 4. The topological polar surface area (TPSA) is 66.8 Å². The molecule has 1 aliphatic heterocycles. The van der Waals surface area contributed by atoms with E-state index in [1.165, 1.54) is 33.3 Å². The van der Waals surface area contributed by atoms with Gasteiger partial charge in [0, 0.05) is 72.2 Å². The zero-order valence-electron chi connectivity index (χ0n) is 19.6. The number of hydrogen-bond acceptors (Lipinski definition) is 3. The van der Waals surface area contributed by atoms with E-state index in [0.717, 1.165) is 37.3 Å². The number of nitrogens with one attached hydrogen (secondary N) is 1. The van der Waals surface area contributed by atoms with Crippen molar-refractivity contribution < 1.29 is 4.79 Å². The summed E-state index contributed by atoms with van der Waals surface area (Å²) >= 11 is 0. The molecule has 1 aromatic carbocycles. The van der Waals surface area contributed by atoms with Crippen LogP contribution in [0.5, 0.6) is 0 Å². The average molecular weight is 442 g/mol. The molecular weight excluding hydrogens is 410 g/mol. The first-order valence-electron chi connectivity index (χ1n) is 11.8. The molecule has 5 rings (SSSR count). The molecule has 4 aromatic rings. The summed E-state index contributed by atoms with van der Waals surface area (Å²) in [5.74, 6) is 0.497. The summed E-state index contributed by atoms with van der Waals surface area (Å²) in [5, 5.41) is 5.74. The number of fused-ring (bicyclic) bond motifs is 1. The van der Waals surface area contributed by atoms with Crippen LogP contribution >= 0.6 is 0 Å². The maximum atomic E-state index is 13.1. The van der Waals surface area contributed by atoms with Crippen LogP contribution in [0.25, 0.3) is 22.0 Å². The lowest BCUT2D eigenvalue weighted by Gasteiger charge is -2.33. The Balaban J connectivity index is 1.41. The van der Waals surface area contributed by atoms with Gasteiger partial charge in [-0.15, -0.1) is 0 Å². The van der Waals surface area contributed by atoms with Crippen molar-refractivity contribution in [3.63, 3.8) is 0 Å². The number of likely N-dealkylation sites (tertiary alicyclic amines) is 1. The van der Waals surface area contributed by atoms with Crippen molar-refractivity contribution in [1.82, 2.24) is 24.6 Å². The highest BCUT2D eigenvalue weighted by Gasteiger charge is 2.29. The Kier molecular flexibility index (Phi) is 5.75. The SMILES string of the molecule is Cc1cc(C)n(CCC(=O)N2CCCC(c3[nH]c4c(C)cccc4c3-c3ccncc3)C2)n1. The molecule has 1 amide bonds. The molecule has 6 heteroatoms. The van der Waals surface area contributed by atoms with E-state index < -0.39 is 0 Å². The lowest BCUT2D eigenvalue weighted by atomic mass is 9.89. The van der Waals surface area contributed by atoms with Crippen molar-refractivity contribution in [3.05, 3.63) is 71.4 Å². The minimum atomic E-state index is 0.213. The maximum absolute atomic E-state index is 13.1. The number of aromatic amines is 1. The van der Waals surface area contributed by atoms with Gasteiger partial charge in [-0.1, -0.05) is 18.2 Å². The van der Waals surface area contributed by atoms with Crippen molar-refractivity contribution in [2.45, 2.75) is 52.5 Å². The van der Waals surface area contributed by atoms with Crippen molar-refractivity contribution in [2.24, 2.45) is 0 Å². The van der Waals surface area contributed by atoms with Crippen LogP contribution in [0.15, 0.2) is 48.8 Å². The van der Waals surface area contributed by atoms with Crippen LogP contribution in [0.1, 0.15) is 47.8 Å². The fraction of sp³-hybridized carbons (Fsp3) is 0.370. The average Bonchev–Trinajstić information content (AvgIpc) is 3.38. The zero-order chi connectivity index (χ0) is 22.9. The molecule has 0 bridgehead atoms. The zero-order valence-corrected chi connectivity index (χ0v) is 19.6. The van der Waals surface area contributed by atoms with Gasteiger partial charge in [-0.25, -0.2) is 0 Å². The molecule has 1 N–H and O–H groups in total. The number of hydrogen-bond donors (Lipinski definition) is 1. The van der Waals surface area contributed by atoms with Gasteiger partial charge < -0.3 is 9.88 Å². The Hall–Kier alpha value is -3.41. The van der Waals surface area contributed by atoms with Crippen molar-refractivity contribution in [2.75, 3.05) is 13.1 Å². The monoisotopic (exact) mass is 441 g/mol. The largest absolute Gasteiger partial charge is 0.357 e. The number of H-pyrrole nitrogens is 1. The van der Waals surface area contributed by atoms with E-state index in [9.17, 15) is 4.79 Å². The highest BCUT2D eigenvalue weighted by Crippen LogP contribution is 2.40. The van der Waals surface area contributed by atoms with E-state index >= 15 is 0 Å². The van der Waals surface area contributed by atoms with Crippen LogP contribution in [0, 0.1) is 20.8 Å². The Morgan fingerprint density at radius 1 is 1.15 bits per heavy atom. The van der Waals surface area contributed by atoms with Gasteiger partial charge in [-0.3, -0.25) is 14.5 Å². The van der Waals surface area contributed by atoms with Gasteiger partial charge in [0.15, 0.2) is 0 Å². The Morgan fingerprint density at radius 2 is 1.97 bits per heavy atom. The summed E-state index contributed by atoms with van der Waals surface area (Å²) in [6.45, 7) is 8.39. The molecule has 1 fully saturated rings. The normalized spacial score (nSPS) is 16.5. The molecule has 0 saturated carbocycles. The van der Waals surface area contributed by atoms with Crippen molar-refractivity contribution in [1.29, 1.82) is 0 Å². The minimum absolute atomic E-state index is 0.213. The number of nitrogens with zero attached hydrogens (tertiary/aromatic N) is 4. The van der Waals surface area contributed by atoms with E-state index in [-0.39, 0.29) is 11.8 Å². The molecular formula is C27H31N5O. The van der Waals surface area contributed by atoms with Crippen LogP contribution < -0.4 is 0 Å². The quantitative estimate of drug-likeness (QED) is 0.466. The highest BCUT2D eigenvalue weighted by atomic mass is 16.2. The Morgan fingerprint density at radius 3 is 2.73 bits per heavy atom. The summed E-state index contributed by atoms with van der Waals surface area (Å²) in [4.78, 5) is 23.1. The number of aromatic nitrogens is 4. The first-order valence-corrected chi connectivity index (χ1v) is 11.8. The predicted molar refractivity (Wildman–Crippen MR) is 131 cm³/mol. The molecule has 3 aromatic heterocycles. The van der Waals surface area contributed by atoms with Crippen molar-refractivity contribution in [3.8, 4) is 11.1 Å². The lowest BCUT2D eigenvalue weighted by Crippen LogP contribution is -2.39. The molecule has 1 aliphatic rings. The summed E-state index contributed by atoms with van der Waals surface area (Å²) in [5.41, 5.74) is 8.18. The van der Waals surface area contributed by atoms with E-state index in [1.54, 1.807) is 0 Å². The molecule has 1 unspecified atom stereocenters. The van der Waals surface area contributed by atoms with Crippen LogP contribution in [-0.4, -0.2) is 43.6 Å². The second-order valence-corrected chi connectivity index (χ2v) is 9.23. The van der Waals surface area contributed by atoms with Crippen LogP contribution in [0.3, 0.4) is 0 Å². The molecule has 33 heavy (non-hydrogen) atoms. The number of rotatable bonds is 5. The number of benzene rings is 1. The number of carbonyl (C=O) groups excluding carboxylic acids is 1. The number of piperidine rings is 1. The molecule has 1 saturated heterocycles. The lowest BCUT2D eigenvalue weighted by molar-refractivity contribution is -0.132. The molecule has 6 nitrogen and oxygen atoms in total. The van der Waals surface area contributed by atoms with Gasteiger partial charge >= 0.3 is 0 Å². The van der Waals surface area contributed by atoms with Gasteiger partial charge in [0.2, 0.25) is 5.91 Å². The fourth-order valence-electron chi connectivity index (χ4n) is 5.22. The first kappa shape index (κ1) is 21.4. The molecule has 4 heterocycles. The third-order valence-corrected chi connectivity index (χ3v) is 6.86. The molecule has 170 valence electrons. The molecule has 0 radical (unpaired) electrons. The second kappa shape index (κ2) is 8.85. The van der Waals surface area contributed by atoms with E-state index in [4.69, 9.17) is 0 Å². The summed E-state index contributed by atoms with van der Waals surface area (Å²) < 4.78 is 1.94. The third-order valence-electron chi connectivity index (χ3n) is 6.86. The minimum Gasteiger partial charge on any atom is -0.357 e. The van der Waals surface area contributed by atoms with E-state index in [1.807, 2.05) is 30.9 Å². The maximum Gasteiger partial charge on any atom is 0.224 e. The van der Waals surface area contributed by atoms with Gasteiger partial charge in [0.1, 0.15) is 0 Å². The van der Waals surface area contributed by atoms with Crippen molar-refractivity contribution >= 4 is 16.8 Å². The number of amides is 1. The summed E-state index contributed by atoms with van der Waals surface area (Å²) in [7, 11) is 0. The number of pyridine rings is 1.